The lowest BCUT2D eigenvalue weighted by molar-refractivity contribution is -0.350. The van der Waals surface area contributed by atoms with Gasteiger partial charge in [-0.15, -0.1) is 0 Å². The van der Waals surface area contributed by atoms with Crippen molar-refractivity contribution in [1.29, 1.82) is 0 Å². The molecule has 2 bridgehead atoms. The monoisotopic (exact) mass is 397 g/mol. The Morgan fingerprint density at radius 3 is 2.52 bits per heavy atom. The molecule has 3 rings (SSSR count). The molecule has 9 heteroatoms. The summed E-state index contributed by atoms with van der Waals surface area (Å²) in [4.78, 5) is 36.0. The highest BCUT2D eigenvalue weighted by Crippen LogP contribution is 2.57. The van der Waals surface area contributed by atoms with E-state index in [2.05, 4.69) is 5.43 Å². The summed E-state index contributed by atoms with van der Waals surface area (Å²) in [6, 6.07) is 6.45. The van der Waals surface area contributed by atoms with Crippen LogP contribution in [0, 0.1) is 5.41 Å². The van der Waals surface area contributed by atoms with Gasteiger partial charge in [0.15, 0.2) is 11.4 Å². The number of benzene rings is 1. The topological polar surface area (TPSA) is 103 Å². The van der Waals surface area contributed by atoms with E-state index in [9.17, 15) is 9.59 Å². The summed E-state index contributed by atoms with van der Waals surface area (Å²) in [5.74, 6) is -0.425. The molecular weight excluding hydrogens is 374 g/mol. The maximum absolute atomic E-state index is 13.2. The van der Waals surface area contributed by atoms with Gasteiger partial charge in [-0.3, -0.25) is 10.2 Å². The van der Waals surface area contributed by atoms with Gasteiger partial charge in [0, 0.05) is 5.02 Å². The predicted octanol–water partition coefficient (Wildman–Crippen LogP) is 2.51. The standard InChI is InChI=1S/C18H24ClN3O5/c1-4-25-14(23)18(11-12-5-7-13(19)8-6-12)10-9-16(2)22(21-15(20)24)17(18,3)27-26-16/h5-8H,4,9-11H2,1-3H3,(H3,20,21,24). The number of nitrogens with two attached hydrogens (primary N) is 1. The van der Waals surface area contributed by atoms with E-state index in [1.54, 1.807) is 32.9 Å². The van der Waals surface area contributed by atoms with Crippen molar-refractivity contribution in [3.63, 3.8) is 0 Å². The zero-order valence-electron chi connectivity index (χ0n) is 15.6. The molecule has 0 aliphatic carbocycles. The molecule has 0 spiro atoms. The molecule has 2 fully saturated rings. The minimum absolute atomic E-state index is 0.221. The maximum atomic E-state index is 13.2. The number of halogens is 1. The zero-order valence-corrected chi connectivity index (χ0v) is 16.3. The number of nitrogens with one attached hydrogen (secondary N) is 1. The number of hydrazine groups is 1. The lowest BCUT2D eigenvalue weighted by atomic mass is 9.66. The van der Waals surface area contributed by atoms with E-state index in [4.69, 9.17) is 31.8 Å². The number of hydrogen-bond acceptors (Lipinski definition) is 6. The van der Waals surface area contributed by atoms with Crippen LogP contribution in [0.5, 0.6) is 0 Å². The number of piperidine rings is 1. The zero-order chi connectivity index (χ0) is 19.9. The molecule has 0 radical (unpaired) electrons. The predicted molar refractivity (Wildman–Crippen MR) is 97.0 cm³/mol. The SMILES string of the molecule is CCOC(=O)C1(Cc2ccc(Cl)cc2)CCC2(C)OOC1(C)N2NC(N)=O. The summed E-state index contributed by atoms with van der Waals surface area (Å²) >= 11 is 5.98. The molecule has 1 aromatic rings. The number of urea groups is 1. The second kappa shape index (κ2) is 6.94. The minimum Gasteiger partial charge on any atom is -0.465 e. The Balaban J connectivity index is 2.07. The van der Waals surface area contributed by atoms with Crippen LogP contribution in [0.2, 0.25) is 5.02 Å². The third-order valence-corrected chi connectivity index (χ3v) is 5.75. The molecule has 148 valence electrons. The summed E-state index contributed by atoms with van der Waals surface area (Å²) in [6.45, 7) is 5.43. The Morgan fingerprint density at radius 1 is 1.26 bits per heavy atom. The molecule has 3 N–H and O–H groups in total. The number of esters is 1. The van der Waals surface area contributed by atoms with Crippen molar-refractivity contribution < 1.29 is 24.1 Å². The van der Waals surface area contributed by atoms with Gasteiger partial charge in [-0.25, -0.2) is 14.6 Å². The molecule has 0 aromatic heterocycles. The van der Waals surface area contributed by atoms with Gasteiger partial charge in [-0.05, 0) is 57.7 Å². The fourth-order valence-corrected chi connectivity index (χ4v) is 4.12. The molecule has 2 amide bonds. The minimum atomic E-state index is -1.32. The molecule has 8 nitrogen and oxygen atoms in total. The molecule has 2 aliphatic heterocycles. The van der Waals surface area contributed by atoms with E-state index in [1.165, 1.54) is 5.01 Å². The first kappa shape index (κ1) is 19.9. The number of carbonyl (C=O) groups is 2. The number of amides is 2. The van der Waals surface area contributed by atoms with E-state index in [0.717, 1.165) is 5.56 Å². The lowest BCUT2D eigenvalue weighted by Crippen LogP contribution is -2.72. The Hall–Kier alpha value is -1.87. The number of ether oxygens (including phenoxy) is 1. The number of fused-ring (bicyclic) bond motifs is 2. The van der Waals surface area contributed by atoms with E-state index in [0.29, 0.717) is 24.3 Å². The quantitative estimate of drug-likeness (QED) is 0.584. The van der Waals surface area contributed by atoms with Gasteiger partial charge in [-0.1, -0.05) is 23.7 Å². The number of primary amides is 1. The Bertz CT molecular complexity index is 745. The fourth-order valence-electron chi connectivity index (χ4n) is 3.99. The van der Waals surface area contributed by atoms with Crippen LogP contribution in [0.3, 0.4) is 0 Å². The Morgan fingerprint density at radius 2 is 1.93 bits per heavy atom. The van der Waals surface area contributed by atoms with Crippen molar-refractivity contribution >= 4 is 23.6 Å². The van der Waals surface area contributed by atoms with Crippen LogP contribution >= 0.6 is 11.6 Å². The smallest absolute Gasteiger partial charge is 0.326 e. The number of rotatable bonds is 5. The summed E-state index contributed by atoms with van der Waals surface area (Å²) in [6.07, 6.45) is 1.18. The van der Waals surface area contributed by atoms with Crippen LogP contribution in [0.4, 0.5) is 4.79 Å². The van der Waals surface area contributed by atoms with Crippen LogP contribution in [0.15, 0.2) is 24.3 Å². The third-order valence-electron chi connectivity index (χ3n) is 5.49. The first-order valence-electron chi connectivity index (χ1n) is 8.82. The average Bonchev–Trinajstić information content (AvgIpc) is 2.79. The summed E-state index contributed by atoms with van der Waals surface area (Å²) in [7, 11) is 0. The van der Waals surface area contributed by atoms with Crippen molar-refractivity contribution in [1.82, 2.24) is 10.4 Å². The number of hydrogen-bond donors (Lipinski definition) is 2. The van der Waals surface area contributed by atoms with Gasteiger partial charge in [0.2, 0.25) is 0 Å². The molecule has 2 aliphatic rings. The molecular formula is C18H24ClN3O5. The summed E-state index contributed by atoms with van der Waals surface area (Å²) < 4.78 is 5.41. The second-order valence-electron chi connectivity index (χ2n) is 7.24. The van der Waals surface area contributed by atoms with E-state index in [-0.39, 0.29) is 6.61 Å². The second-order valence-corrected chi connectivity index (χ2v) is 7.68. The molecule has 3 atom stereocenters. The van der Waals surface area contributed by atoms with Crippen LogP contribution in [0.25, 0.3) is 0 Å². The first-order chi connectivity index (χ1) is 12.7. The van der Waals surface area contributed by atoms with E-state index >= 15 is 0 Å². The highest BCUT2D eigenvalue weighted by molar-refractivity contribution is 6.30. The summed E-state index contributed by atoms with van der Waals surface area (Å²) in [5, 5.41) is 2.09. The first-order valence-corrected chi connectivity index (χ1v) is 9.20. The van der Waals surface area contributed by atoms with E-state index < -0.39 is 28.9 Å². The molecule has 0 saturated carbocycles. The van der Waals surface area contributed by atoms with Crippen LogP contribution in [-0.4, -0.2) is 35.1 Å². The van der Waals surface area contributed by atoms with Crippen molar-refractivity contribution in [3.05, 3.63) is 34.9 Å². The largest absolute Gasteiger partial charge is 0.465 e. The normalized spacial score (nSPS) is 32.9. The highest BCUT2D eigenvalue weighted by atomic mass is 35.5. The van der Waals surface area contributed by atoms with Gasteiger partial charge in [-0.2, -0.15) is 5.01 Å². The van der Waals surface area contributed by atoms with Crippen molar-refractivity contribution in [3.8, 4) is 0 Å². The molecule has 1 aromatic carbocycles. The van der Waals surface area contributed by atoms with Crippen molar-refractivity contribution in [2.24, 2.45) is 11.1 Å². The fraction of sp³-hybridized carbons (Fsp3) is 0.556. The third kappa shape index (κ3) is 3.16. The average molecular weight is 398 g/mol. The van der Waals surface area contributed by atoms with Gasteiger partial charge >= 0.3 is 12.0 Å². The number of nitrogens with zero attached hydrogens (tertiary/aromatic N) is 1. The highest BCUT2D eigenvalue weighted by Gasteiger charge is 2.71. The van der Waals surface area contributed by atoms with Gasteiger partial charge < -0.3 is 10.5 Å². The lowest BCUT2D eigenvalue weighted by Gasteiger charge is -2.51. The molecule has 2 heterocycles. The van der Waals surface area contributed by atoms with Crippen molar-refractivity contribution in [2.75, 3.05) is 6.61 Å². The van der Waals surface area contributed by atoms with Crippen LogP contribution in [0.1, 0.15) is 39.2 Å². The molecule has 2 saturated heterocycles. The Kier molecular flexibility index (Phi) is 5.11. The molecule has 3 unspecified atom stereocenters. The Labute approximate surface area is 162 Å². The van der Waals surface area contributed by atoms with Gasteiger partial charge in [0.25, 0.3) is 0 Å². The van der Waals surface area contributed by atoms with Crippen molar-refractivity contribution in [2.45, 2.75) is 51.5 Å². The van der Waals surface area contributed by atoms with Gasteiger partial charge in [0.1, 0.15) is 5.41 Å². The van der Waals surface area contributed by atoms with Crippen LogP contribution < -0.4 is 11.2 Å². The maximum Gasteiger partial charge on any atom is 0.326 e. The summed E-state index contributed by atoms with van der Waals surface area (Å²) in [5.41, 5.74) is 5.41. The van der Waals surface area contributed by atoms with E-state index in [1.807, 2.05) is 12.1 Å². The number of carbonyl (C=O) groups excluding carboxylic acids is 2. The van der Waals surface area contributed by atoms with Gasteiger partial charge in [0.05, 0.1) is 6.61 Å². The molecule has 27 heavy (non-hydrogen) atoms. The van der Waals surface area contributed by atoms with Crippen LogP contribution in [-0.2, 0) is 25.7 Å².